The molecular formula is C20H20N2O4. The minimum Gasteiger partial charge on any atom is -0.478 e. The van der Waals surface area contributed by atoms with Crippen LogP contribution in [-0.2, 0) is 22.7 Å². The van der Waals surface area contributed by atoms with E-state index in [2.05, 4.69) is 5.32 Å². The molecule has 0 unspecified atom stereocenters. The van der Waals surface area contributed by atoms with E-state index in [4.69, 9.17) is 5.11 Å². The number of amides is 2. The number of rotatable bonds is 6. The predicted octanol–water partition coefficient (Wildman–Crippen LogP) is 2.05. The zero-order chi connectivity index (χ0) is 18.5. The molecule has 2 aromatic carbocycles. The van der Waals surface area contributed by atoms with Gasteiger partial charge in [0.1, 0.15) is 0 Å². The highest BCUT2D eigenvalue weighted by atomic mass is 16.4. The van der Waals surface area contributed by atoms with Gasteiger partial charge in [0.05, 0.1) is 11.5 Å². The quantitative estimate of drug-likeness (QED) is 0.833. The number of hydrogen-bond acceptors (Lipinski definition) is 3. The topological polar surface area (TPSA) is 86.7 Å². The highest BCUT2D eigenvalue weighted by Gasteiger charge is 2.34. The van der Waals surface area contributed by atoms with Crippen LogP contribution in [0.4, 0.5) is 0 Å². The summed E-state index contributed by atoms with van der Waals surface area (Å²) in [6, 6.07) is 16.1. The van der Waals surface area contributed by atoms with Crippen LogP contribution in [0, 0.1) is 5.92 Å². The van der Waals surface area contributed by atoms with E-state index in [0.717, 1.165) is 5.56 Å². The molecule has 1 aliphatic rings. The zero-order valence-electron chi connectivity index (χ0n) is 14.2. The number of carboxylic acid groups (broad SMARTS) is 1. The fourth-order valence-corrected chi connectivity index (χ4v) is 3.05. The van der Waals surface area contributed by atoms with Crippen LogP contribution in [0.15, 0.2) is 54.6 Å². The molecular weight excluding hydrogens is 332 g/mol. The van der Waals surface area contributed by atoms with Crippen molar-refractivity contribution in [2.24, 2.45) is 5.92 Å². The summed E-state index contributed by atoms with van der Waals surface area (Å²) in [5.74, 6) is -1.60. The number of carbonyl (C=O) groups excluding carboxylic acids is 2. The average molecular weight is 352 g/mol. The Hall–Kier alpha value is -3.15. The van der Waals surface area contributed by atoms with Crippen molar-refractivity contribution in [3.8, 4) is 0 Å². The number of carbonyl (C=O) groups is 3. The van der Waals surface area contributed by atoms with Crippen molar-refractivity contribution >= 4 is 17.8 Å². The van der Waals surface area contributed by atoms with Gasteiger partial charge < -0.3 is 15.3 Å². The molecule has 1 aliphatic heterocycles. The second-order valence-corrected chi connectivity index (χ2v) is 6.38. The summed E-state index contributed by atoms with van der Waals surface area (Å²) < 4.78 is 0. The van der Waals surface area contributed by atoms with Crippen molar-refractivity contribution in [2.45, 2.75) is 19.5 Å². The van der Waals surface area contributed by atoms with E-state index in [1.54, 1.807) is 17.0 Å². The Kier molecular flexibility index (Phi) is 5.31. The van der Waals surface area contributed by atoms with Gasteiger partial charge in [0, 0.05) is 26.1 Å². The Balaban J connectivity index is 1.55. The molecule has 3 rings (SSSR count). The molecule has 134 valence electrons. The molecule has 0 radical (unpaired) electrons. The third-order valence-corrected chi connectivity index (χ3v) is 4.44. The van der Waals surface area contributed by atoms with Gasteiger partial charge in [-0.3, -0.25) is 9.59 Å². The Bertz CT molecular complexity index is 820. The molecule has 2 N–H and O–H groups in total. The van der Waals surface area contributed by atoms with Crippen LogP contribution in [0.5, 0.6) is 0 Å². The van der Waals surface area contributed by atoms with Gasteiger partial charge in [-0.1, -0.05) is 42.5 Å². The first-order chi connectivity index (χ1) is 12.5. The lowest BCUT2D eigenvalue weighted by molar-refractivity contribution is -0.129. The lowest BCUT2D eigenvalue weighted by Crippen LogP contribution is -2.32. The smallest absolute Gasteiger partial charge is 0.335 e. The molecule has 0 spiro atoms. The standard InChI is InChI=1S/C20H20N2O4/c23-18-10-17(13-22(18)12-14-5-2-1-3-6-14)19(24)21-11-15-7-4-8-16(9-15)20(25)26/h1-9,17H,10-13H2,(H,21,24)(H,25,26)/t17-/m1/s1. The molecule has 6 heteroatoms. The molecule has 2 amide bonds. The van der Waals surface area contributed by atoms with Crippen LogP contribution in [0.25, 0.3) is 0 Å². The molecule has 1 saturated heterocycles. The van der Waals surface area contributed by atoms with Crippen molar-refractivity contribution in [1.82, 2.24) is 10.2 Å². The van der Waals surface area contributed by atoms with Gasteiger partial charge in [-0.05, 0) is 23.3 Å². The Morgan fingerprint density at radius 2 is 1.81 bits per heavy atom. The third-order valence-electron chi connectivity index (χ3n) is 4.44. The number of nitrogens with zero attached hydrogens (tertiary/aromatic N) is 1. The van der Waals surface area contributed by atoms with Gasteiger partial charge in [0.2, 0.25) is 11.8 Å². The predicted molar refractivity (Wildman–Crippen MR) is 95.2 cm³/mol. The van der Waals surface area contributed by atoms with Crippen LogP contribution in [0.2, 0.25) is 0 Å². The monoisotopic (exact) mass is 352 g/mol. The number of nitrogens with one attached hydrogen (secondary N) is 1. The molecule has 2 aromatic rings. The Labute approximate surface area is 151 Å². The van der Waals surface area contributed by atoms with E-state index in [9.17, 15) is 14.4 Å². The highest BCUT2D eigenvalue weighted by molar-refractivity contribution is 5.89. The first-order valence-corrected chi connectivity index (χ1v) is 8.44. The molecule has 26 heavy (non-hydrogen) atoms. The molecule has 0 aromatic heterocycles. The Morgan fingerprint density at radius 3 is 2.54 bits per heavy atom. The van der Waals surface area contributed by atoms with Crippen LogP contribution in [0.1, 0.15) is 27.9 Å². The number of carboxylic acids is 1. The largest absolute Gasteiger partial charge is 0.478 e. The van der Waals surface area contributed by atoms with Gasteiger partial charge in [-0.2, -0.15) is 0 Å². The van der Waals surface area contributed by atoms with Crippen molar-refractivity contribution < 1.29 is 19.5 Å². The van der Waals surface area contributed by atoms with Crippen molar-refractivity contribution in [2.75, 3.05) is 6.54 Å². The van der Waals surface area contributed by atoms with Gasteiger partial charge in [0.25, 0.3) is 0 Å². The first kappa shape index (κ1) is 17.7. The Morgan fingerprint density at radius 1 is 1.08 bits per heavy atom. The van der Waals surface area contributed by atoms with Crippen LogP contribution in [-0.4, -0.2) is 34.3 Å². The number of aromatic carboxylic acids is 1. The molecule has 0 saturated carbocycles. The maximum absolute atomic E-state index is 12.4. The lowest BCUT2D eigenvalue weighted by atomic mass is 10.1. The fourth-order valence-electron chi connectivity index (χ4n) is 3.05. The maximum Gasteiger partial charge on any atom is 0.335 e. The molecule has 1 heterocycles. The van der Waals surface area contributed by atoms with Crippen LogP contribution >= 0.6 is 0 Å². The lowest BCUT2D eigenvalue weighted by Gasteiger charge is -2.16. The van der Waals surface area contributed by atoms with Crippen molar-refractivity contribution in [3.63, 3.8) is 0 Å². The maximum atomic E-state index is 12.4. The van der Waals surface area contributed by atoms with Crippen LogP contribution < -0.4 is 5.32 Å². The minimum absolute atomic E-state index is 0.0260. The summed E-state index contributed by atoms with van der Waals surface area (Å²) in [5, 5.41) is 11.8. The summed E-state index contributed by atoms with van der Waals surface area (Å²) in [6.45, 7) is 1.14. The van der Waals surface area contributed by atoms with Gasteiger partial charge >= 0.3 is 5.97 Å². The van der Waals surface area contributed by atoms with Crippen LogP contribution in [0.3, 0.4) is 0 Å². The molecule has 1 fully saturated rings. The summed E-state index contributed by atoms with van der Waals surface area (Å²) >= 11 is 0. The van der Waals surface area contributed by atoms with E-state index in [1.165, 1.54) is 12.1 Å². The number of benzene rings is 2. The summed E-state index contributed by atoms with van der Waals surface area (Å²) in [5.41, 5.74) is 1.93. The molecule has 1 atom stereocenters. The van der Waals surface area contributed by atoms with E-state index in [1.807, 2.05) is 30.3 Å². The van der Waals surface area contributed by atoms with E-state index >= 15 is 0 Å². The first-order valence-electron chi connectivity index (χ1n) is 8.44. The van der Waals surface area contributed by atoms with Gasteiger partial charge in [-0.25, -0.2) is 4.79 Å². The average Bonchev–Trinajstić information content (AvgIpc) is 3.01. The van der Waals surface area contributed by atoms with Crippen molar-refractivity contribution in [3.05, 3.63) is 71.3 Å². The number of hydrogen-bond donors (Lipinski definition) is 2. The molecule has 6 nitrogen and oxygen atoms in total. The number of likely N-dealkylation sites (tertiary alicyclic amines) is 1. The summed E-state index contributed by atoms with van der Waals surface area (Å²) in [6.07, 6.45) is 0.202. The SMILES string of the molecule is O=C(O)c1cccc(CNC(=O)[C@@H]2CC(=O)N(Cc3ccccc3)C2)c1. The fraction of sp³-hybridized carbons (Fsp3) is 0.250. The summed E-state index contributed by atoms with van der Waals surface area (Å²) in [4.78, 5) is 37.2. The highest BCUT2D eigenvalue weighted by Crippen LogP contribution is 2.20. The van der Waals surface area contributed by atoms with E-state index in [-0.39, 0.29) is 36.3 Å². The van der Waals surface area contributed by atoms with Gasteiger partial charge in [-0.15, -0.1) is 0 Å². The van der Waals surface area contributed by atoms with E-state index in [0.29, 0.717) is 18.7 Å². The normalized spacial score (nSPS) is 16.5. The second-order valence-electron chi connectivity index (χ2n) is 6.38. The van der Waals surface area contributed by atoms with Gasteiger partial charge in [0.15, 0.2) is 0 Å². The van der Waals surface area contributed by atoms with E-state index < -0.39 is 5.97 Å². The summed E-state index contributed by atoms with van der Waals surface area (Å²) in [7, 11) is 0. The molecule has 0 aliphatic carbocycles. The molecule has 0 bridgehead atoms. The van der Waals surface area contributed by atoms with Crippen molar-refractivity contribution in [1.29, 1.82) is 0 Å². The zero-order valence-corrected chi connectivity index (χ0v) is 14.2. The third kappa shape index (κ3) is 4.27. The minimum atomic E-state index is -1.00. The second kappa shape index (κ2) is 7.82.